The molecule has 0 unspecified atom stereocenters. The van der Waals surface area contributed by atoms with E-state index in [9.17, 15) is 4.79 Å². The van der Waals surface area contributed by atoms with E-state index in [1.807, 2.05) is 16.8 Å². The second-order valence-corrected chi connectivity index (χ2v) is 3.33. The molecule has 0 aromatic carbocycles. The van der Waals surface area contributed by atoms with Crippen LogP contribution in [0, 0.1) is 0 Å². The van der Waals surface area contributed by atoms with Crippen molar-refractivity contribution in [3.8, 4) is 5.69 Å². The Morgan fingerprint density at radius 3 is 2.92 bits per heavy atom. The van der Waals surface area contributed by atoms with Crippen LogP contribution in [0.3, 0.4) is 0 Å². The lowest BCUT2D eigenvalue weighted by atomic mass is 10.4. The normalized spacial score (nSPS) is 10.2. The number of nitrogens with zero attached hydrogens (tertiary/aromatic N) is 1. The number of hydrogen-bond acceptors (Lipinski definition) is 2. The van der Waals surface area contributed by atoms with Crippen LogP contribution in [-0.4, -0.2) is 15.6 Å². The van der Waals surface area contributed by atoms with Crippen molar-refractivity contribution in [2.75, 3.05) is 0 Å². The second-order valence-electron chi connectivity index (χ2n) is 2.55. The number of carboxylic acid groups (broad SMARTS) is 1. The standard InChI is InChI=1S/C9H7NO2S/c11-9(12)8-2-1-4-10(8)7-3-5-13-6-7/h1-6H,(H,11,12). The minimum absolute atomic E-state index is 0.290. The van der Waals surface area contributed by atoms with Gasteiger partial charge < -0.3 is 9.67 Å². The van der Waals surface area contributed by atoms with Crippen LogP contribution in [-0.2, 0) is 0 Å². The summed E-state index contributed by atoms with van der Waals surface area (Å²) in [4.78, 5) is 10.8. The molecule has 0 aliphatic carbocycles. The van der Waals surface area contributed by atoms with Crippen LogP contribution in [0.15, 0.2) is 35.2 Å². The van der Waals surface area contributed by atoms with Crippen LogP contribution in [0.2, 0.25) is 0 Å². The molecule has 0 fully saturated rings. The zero-order valence-electron chi connectivity index (χ0n) is 6.68. The molecule has 3 nitrogen and oxygen atoms in total. The van der Waals surface area contributed by atoms with Gasteiger partial charge in [-0.1, -0.05) is 0 Å². The van der Waals surface area contributed by atoms with Gasteiger partial charge in [-0.3, -0.25) is 0 Å². The van der Waals surface area contributed by atoms with Gasteiger partial charge in [0, 0.05) is 11.6 Å². The predicted octanol–water partition coefficient (Wildman–Crippen LogP) is 2.24. The Morgan fingerprint density at radius 1 is 1.46 bits per heavy atom. The SMILES string of the molecule is O=C(O)c1cccn1-c1ccsc1. The molecular weight excluding hydrogens is 186 g/mol. The molecule has 0 aliphatic heterocycles. The molecule has 4 heteroatoms. The summed E-state index contributed by atoms with van der Waals surface area (Å²) in [7, 11) is 0. The third-order valence-corrected chi connectivity index (χ3v) is 2.42. The van der Waals surface area contributed by atoms with Gasteiger partial charge in [-0.25, -0.2) is 4.79 Å². The Balaban J connectivity index is 2.52. The summed E-state index contributed by atoms with van der Waals surface area (Å²) in [6.45, 7) is 0. The molecule has 0 bridgehead atoms. The third kappa shape index (κ3) is 1.36. The quantitative estimate of drug-likeness (QED) is 0.794. The monoisotopic (exact) mass is 193 g/mol. The zero-order chi connectivity index (χ0) is 9.26. The Morgan fingerprint density at radius 2 is 2.31 bits per heavy atom. The van der Waals surface area contributed by atoms with E-state index in [0.29, 0.717) is 5.69 Å². The van der Waals surface area contributed by atoms with Gasteiger partial charge in [0.15, 0.2) is 0 Å². The topological polar surface area (TPSA) is 42.2 Å². The van der Waals surface area contributed by atoms with Gasteiger partial charge in [-0.05, 0) is 23.6 Å². The van der Waals surface area contributed by atoms with E-state index < -0.39 is 5.97 Å². The first-order chi connectivity index (χ1) is 6.29. The van der Waals surface area contributed by atoms with Crippen LogP contribution in [0.5, 0.6) is 0 Å². The molecule has 0 amide bonds. The van der Waals surface area contributed by atoms with E-state index in [1.165, 1.54) is 0 Å². The van der Waals surface area contributed by atoms with Crippen molar-refractivity contribution >= 4 is 17.3 Å². The van der Waals surface area contributed by atoms with Crippen LogP contribution >= 0.6 is 11.3 Å². The predicted molar refractivity (Wildman–Crippen MR) is 50.6 cm³/mol. The van der Waals surface area contributed by atoms with Crippen molar-refractivity contribution in [2.24, 2.45) is 0 Å². The summed E-state index contributed by atoms with van der Waals surface area (Å²) >= 11 is 1.54. The number of carbonyl (C=O) groups is 1. The van der Waals surface area contributed by atoms with Gasteiger partial charge in [-0.15, -0.1) is 0 Å². The van der Waals surface area contributed by atoms with E-state index in [4.69, 9.17) is 5.11 Å². The Labute approximate surface area is 78.9 Å². The lowest BCUT2D eigenvalue weighted by molar-refractivity contribution is 0.0688. The van der Waals surface area contributed by atoms with Gasteiger partial charge in [0.05, 0.1) is 5.69 Å². The molecule has 2 aromatic rings. The van der Waals surface area contributed by atoms with Crippen molar-refractivity contribution in [3.05, 3.63) is 40.8 Å². The molecular formula is C9H7NO2S. The lowest BCUT2D eigenvalue weighted by Gasteiger charge is -2.01. The van der Waals surface area contributed by atoms with Crippen LogP contribution in [0.25, 0.3) is 5.69 Å². The third-order valence-electron chi connectivity index (χ3n) is 1.75. The molecule has 2 rings (SSSR count). The van der Waals surface area contributed by atoms with Gasteiger partial charge in [0.1, 0.15) is 5.69 Å². The summed E-state index contributed by atoms with van der Waals surface area (Å²) in [5, 5.41) is 12.7. The maximum Gasteiger partial charge on any atom is 0.352 e. The summed E-state index contributed by atoms with van der Waals surface area (Å²) in [5.41, 5.74) is 1.19. The number of thiophene rings is 1. The minimum Gasteiger partial charge on any atom is -0.477 e. The first-order valence-corrected chi connectivity index (χ1v) is 4.66. The summed E-state index contributed by atoms with van der Waals surface area (Å²) in [6, 6.07) is 5.19. The average molecular weight is 193 g/mol. The smallest absolute Gasteiger partial charge is 0.352 e. The number of carboxylic acids is 1. The molecule has 0 radical (unpaired) electrons. The molecule has 0 spiro atoms. The van der Waals surface area contributed by atoms with Crippen molar-refractivity contribution in [1.29, 1.82) is 0 Å². The molecule has 2 aromatic heterocycles. The highest BCUT2D eigenvalue weighted by Crippen LogP contribution is 2.15. The molecule has 0 atom stereocenters. The number of rotatable bonds is 2. The van der Waals surface area contributed by atoms with E-state index in [1.54, 1.807) is 34.2 Å². The van der Waals surface area contributed by atoms with Crippen molar-refractivity contribution in [3.63, 3.8) is 0 Å². The maximum absolute atomic E-state index is 10.8. The molecule has 0 saturated carbocycles. The van der Waals surface area contributed by atoms with Crippen molar-refractivity contribution in [1.82, 2.24) is 4.57 Å². The molecule has 1 N–H and O–H groups in total. The van der Waals surface area contributed by atoms with Crippen molar-refractivity contribution in [2.45, 2.75) is 0 Å². The van der Waals surface area contributed by atoms with Gasteiger partial charge in [0.25, 0.3) is 0 Å². The fourth-order valence-corrected chi connectivity index (χ4v) is 1.80. The van der Waals surface area contributed by atoms with E-state index in [2.05, 4.69) is 0 Å². The lowest BCUT2D eigenvalue weighted by Crippen LogP contribution is -2.04. The summed E-state index contributed by atoms with van der Waals surface area (Å²) in [5.74, 6) is -0.906. The number of hydrogen-bond donors (Lipinski definition) is 1. The average Bonchev–Trinajstić information content (AvgIpc) is 2.74. The highest BCUT2D eigenvalue weighted by Gasteiger charge is 2.09. The largest absolute Gasteiger partial charge is 0.477 e. The number of aromatic carboxylic acids is 1. The molecule has 0 saturated heterocycles. The Kier molecular flexibility index (Phi) is 1.90. The van der Waals surface area contributed by atoms with E-state index in [0.717, 1.165) is 5.69 Å². The maximum atomic E-state index is 10.8. The van der Waals surface area contributed by atoms with Gasteiger partial charge in [-0.2, -0.15) is 11.3 Å². The van der Waals surface area contributed by atoms with Crippen molar-refractivity contribution < 1.29 is 9.90 Å². The molecule has 2 heterocycles. The Hall–Kier alpha value is -1.55. The first-order valence-electron chi connectivity index (χ1n) is 3.72. The van der Waals surface area contributed by atoms with Gasteiger partial charge in [0.2, 0.25) is 0 Å². The second kappa shape index (κ2) is 3.06. The molecule has 13 heavy (non-hydrogen) atoms. The van der Waals surface area contributed by atoms with E-state index in [-0.39, 0.29) is 0 Å². The summed E-state index contributed by atoms with van der Waals surface area (Å²) < 4.78 is 1.65. The molecule has 66 valence electrons. The fraction of sp³-hybridized carbons (Fsp3) is 0. The highest BCUT2D eigenvalue weighted by molar-refractivity contribution is 7.08. The van der Waals surface area contributed by atoms with Crippen LogP contribution in [0.1, 0.15) is 10.5 Å². The van der Waals surface area contributed by atoms with Crippen LogP contribution < -0.4 is 0 Å². The molecule has 0 aliphatic rings. The number of aromatic nitrogens is 1. The van der Waals surface area contributed by atoms with Crippen LogP contribution in [0.4, 0.5) is 0 Å². The van der Waals surface area contributed by atoms with Gasteiger partial charge >= 0.3 is 5.97 Å². The Bertz CT molecular complexity index is 417. The first kappa shape index (κ1) is 8.07. The van der Waals surface area contributed by atoms with E-state index >= 15 is 0 Å². The zero-order valence-corrected chi connectivity index (χ0v) is 7.49. The highest BCUT2D eigenvalue weighted by atomic mass is 32.1. The fourth-order valence-electron chi connectivity index (χ4n) is 1.17. The minimum atomic E-state index is -0.906. The summed E-state index contributed by atoms with van der Waals surface area (Å²) in [6.07, 6.45) is 1.74.